The second-order valence-corrected chi connectivity index (χ2v) is 7.55. The van der Waals surface area contributed by atoms with Gasteiger partial charge in [0.25, 0.3) is 5.69 Å². The molecule has 2 aromatic rings. The van der Waals surface area contributed by atoms with E-state index in [0.29, 0.717) is 5.56 Å². The number of hydrogen-bond acceptors (Lipinski definition) is 6. The molecule has 0 unspecified atom stereocenters. The number of esters is 1. The van der Waals surface area contributed by atoms with Crippen molar-refractivity contribution >= 4 is 27.6 Å². The van der Waals surface area contributed by atoms with Crippen LogP contribution < -0.4 is 0 Å². The molecule has 0 atom stereocenters. The van der Waals surface area contributed by atoms with Crippen molar-refractivity contribution in [3.8, 4) is 0 Å². The molecule has 2 rings (SSSR count). The summed E-state index contributed by atoms with van der Waals surface area (Å²) in [5, 5.41) is 10.7. The SMILES string of the molecule is CC(C)OC(=O)/C(=C\c1ccccc1)S(=O)(=O)c1ccc([N+](=O)[O-])cc1. The van der Waals surface area contributed by atoms with E-state index >= 15 is 0 Å². The smallest absolute Gasteiger partial charge is 0.350 e. The predicted molar refractivity (Wildman–Crippen MR) is 95.9 cm³/mol. The molecule has 0 saturated carbocycles. The Morgan fingerprint density at radius 1 is 1.08 bits per heavy atom. The van der Waals surface area contributed by atoms with Gasteiger partial charge in [-0.15, -0.1) is 0 Å². The minimum Gasteiger partial charge on any atom is -0.459 e. The molecule has 2 aromatic carbocycles. The number of ether oxygens (including phenoxy) is 1. The molecule has 0 aliphatic heterocycles. The summed E-state index contributed by atoms with van der Waals surface area (Å²) in [6, 6.07) is 12.8. The van der Waals surface area contributed by atoms with Gasteiger partial charge in [0.15, 0.2) is 4.91 Å². The Morgan fingerprint density at radius 3 is 2.15 bits per heavy atom. The van der Waals surface area contributed by atoms with E-state index in [1.807, 2.05) is 0 Å². The average molecular weight is 375 g/mol. The fraction of sp³-hybridized carbons (Fsp3) is 0.167. The molecule has 0 radical (unpaired) electrons. The summed E-state index contributed by atoms with van der Waals surface area (Å²) in [7, 11) is -4.22. The zero-order valence-corrected chi connectivity index (χ0v) is 15.0. The minimum atomic E-state index is -4.22. The van der Waals surface area contributed by atoms with Crippen molar-refractivity contribution in [1.29, 1.82) is 0 Å². The highest BCUT2D eigenvalue weighted by atomic mass is 32.2. The van der Waals surface area contributed by atoms with Crippen LogP contribution in [0.4, 0.5) is 5.69 Å². The fourth-order valence-electron chi connectivity index (χ4n) is 2.09. The van der Waals surface area contributed by atoms with Crippen LogP contribution in [0.2, 0.25) is 0 Å². The van der Waals surface area contributed by atoms with Crippen molar-refractivity contribution in [3.05, 3.63) is 75.2 Å². The quantitative estimate of drug-likeness (QED) is 0.332. The largest absolute Gasteiger partial charge is 0.459 e. The van der Waals surface area contributed by atoms with E-state index in [1.54, 1.807) is 44.2 Å². The normalized spacial score (nSPS) is 12.0. The highest BCUT2D eigenvalue weighted by Gasteiger charge is 2.29. The van der Waals surface area contributed by atoms with Crippen LogP contribution in [0.3, 0.4) is 0 Å². The van der Waals surface area contributed by atoms with Gasteiger partial charge in [0.2, 0.25) is 9.84 Å². The fourth-order valence-corrected chi connectivity index (χ4v) is 3.40. The van der Waals surface area contributed by atoms with Gasteiger partial charge >= 0.3 is 5.97 Å². The van der Waals surface area contributed by atoms with Gasteiger partial charge in [-0.05, 0) is 37.6 Å². The number of sulfone groups is 1. The topological polar surface area (TPSA) is 104 Å². The maximum Gasteiger partial charge on any atom is 0.350 e. The predicted octanol–water partition coefficient (Wildman–Crippen LogP) is 3.36. The number of nitrogens with zero attached hydrogens (tertiary/aromatic N) is 1. The molecule has 7 nitrogen and oxygen atoms in total. The molecule has 0 N–H and O–H groups in total. The van der Waals surface area contributed by atoms with Crippen LogP contribution in [0, 0.1) is 10.1 Å². The summed E-state index contributed by atoms with van der Waals surface area (Å²) in [6.07, 6.45) is 0.718. The van der Waals surface area contributed by atoms with Crippen molar-refractivity contribution in [2.45, 2.75) is 24.8 Å². The van der Waals surface area contributed by atoms with Gasteiger partial charge in [-0.1, -0.05) is 30.3 Å². The molecule has 0 fully saturated rings. The number of non-ortho nitro benzene ring substituents is 1. The molecule has 0 spiro atoms. The summed E-state index contributed by atoms with van der Waals surface area (Å²) in [5.74, 6) is -0.984. The molecule has 0 aliphatic rings. The van der Waals surface area contributed by atoms with Crippen LogP contribution in [-0.4, -0.2) is 25.4 Å². The first kappa shape index (κ1) is 19.3. The molecule has 0 amide bonds. The Bertz CT molecular complexity index is 931. The molecule has 0 bridgehead atoms. The molecule has 136 valence electrons. The van der Waals surface area contributed by atoms with E-state index in [2.05, 4.69) is 0 Å². The molecule has 0 aromatic heterocycles. The first-order valence-electron chi connectivity index (χ1n) is 7.69. The third kappa shape index (κ3) is 4.54. The lowest BCUT2D eigenvalue weighted by molar-refractivity contribution is -0.384. The summed E-state index contributed by atoms with van der Waals surface area (Å²) >= 11 is 0. The number of benzene rings is 2. The number of nitro benzene ring substituents is 1. The summed E-state index contributed by atoms with van der Waals surface area (Å²) < 4.78 is 30.9. The molecule has 26 heavy (non-hydrogen) atoms. The van der Waals surface area contributed by atoms with E-state index in [0.717, 1.165) is 24.3 Å². The lowest BCUT2D eigenvalue weighted by Gasteiger charge is -2.12. The highest BCUT2D eigenvalue weighted by molar-refractivity contribution is 7.96. The van der Waals surface area contributed by atoms with Crippen LogP contribution in [0.15, 0.2) is 64.4 Å². The third-order valence-electron chi connectivity index (χ3n) is 3.29. The van der Waals surface area contributed by atoms with Gasteiger partial charge in [-0.2, -0.15) is 0 Å². The summed E-state index contributed by atoms with van der Waals surface area (Å²) in [5.41, 5.74) is 0.260. The van der Waals surface area contributed by atoms with Crippen LogP contribution in [0.25, 0.3) is 6.08 Å². The van der Waals surface area contributed by atoms with E-state index in [9.17, 15) is 23.3 Å². The van der Waals surface area contributed by atoms with E-state index in [1.165, 1.54) is 6.08 Å². The van der Waals surface area contributed by atoms with E-state index in [-0.39, 0.29) is 10.6 Å². The van der Waals surface area contributed by atoms with Crippen molar-refractivity contribution in [2.75, 3.05) is 0 Å². The second-order valence-electron chi connectivity index (χ2n) is 5.63. The summed E-state index contributed by atoms with van der Waals surface area (Å²) in [4.78, 5) is 21.7. The Balaban J connectivity index is 2.54. The summed E-state index contributed by atoms with van der Waals surface area (Å²) in [6.45, 7) is 3.22. The van der Waals surface area contributed by atoms with E-state index in [4.69, 9.17) is 4.74 Å². The molecule has 0 heterocycles. The minimum absolute atomic E-state index is 0.231. The van der Waals surface area contributed by atoms with Crippen LogP contribution in [-0.2, 0) is 19.4 Å². The number of carbonyl (C=O) groups excluding carboxylic acids is 1. The molecule has 8 heteroatoms. The van der Waals surface area contributed by atoms with Crippen molar-refractivity contribution in [3.63, 3.8) is 0 Å². The Hall–Kier alpha value is -3.00. The average Bonchev–Trinajstić information content (AvgIpc) is 2.59. The Morgan fingerprint density at radius 2 is 1.65 bits per heavy atom. The van der Waals surface area contributed by atoms with Crippen LogP contribution in [0.1, 0.15) is 19.4 Å². The number of nitro groups is 1. The van der Waals surface area contributed by atoms with Crippen molar-refractivity contribution in [1.82, 2.24) is 0 Å². The first-order chi connectivity index (χ1) is 12.2. The Kier molecular flexibility index (Phi) is 5.89. The van der Waals surface area contributed by atoms with E-state index < -0.39 is 31.7 Å². The van der Waals surface area contributed by atoms with Crippen LogP contribution >= 0.6 is 0 Å². The molecular weight excluding hydrogens is 358 g/mol. The van der Waals surface area contributed by atoms with Crippen molar-refractivity contribution < 1.29 is 22.9 Å². The van der Waals surface area contributed by atoms with Gasteiger partial charge < -0.3 is 4.74 Å². The number of hydrogen-bond donors (Lipinski definition) is 0. The third-order valence-corrected chi connectivity index (χ3v) is 5.04. The van der Waals surface area contributed by atoms with Gasteiger partial charge in [0.1, 0.15) is 0 Å². The van der Waals surface area contributed by atoms with Gasteiger partial charge in [-0.3, -0.25) is 10.1 Å². The number of rotatable bonds is 6. The lowest BCUT2D eigenvalue weighted by Crippen LogP contribution is -2.19. The lowest BCUT2D eigenvalue weighted by atomic mass is 10.2. The monoisotopic (exact) mass is 375 g/mol. The van der Waals surface area contributed by atoms with Crippen LogP contribution in [0.5, 0.6) is 0 Å². The van der Waals surface area contributed by atoms with Gasteiger partial charge in [-0.25, -0.2) is 13.2 Å². The highest BCUT2D eigenvalue weighted by Crippen LogP contribution is 2.25. The zero-order chi connectivity index (χ0) is 19.3. The molecular formula is C18H17NO6S. The Labute approximate surface area is 151 Å². The first-order valence-corrected chi connectivity index (χ1v) is 9.17. The van der Waals surface area contributed by atoms with Gasteiger partial charge in [0.05, 0.1) is 15.9 Å². The maximum absolute atomic E-state index is 12.9. The number of carbonyl (C=O) groups is 1. The maximum atomic E-state index is 12.9. The molecule has 0 saturated heterocycles. The molecule has 0 aliphatic carbocycles. The second kappa shape index (κ2) is 7.92. The standard InChI is InChI=1S/C18H17NO6S/c1-13(2)25-18(20)17(12-14-6-4-3-5-7-14)26(23,24)16-10-8-15(9-11-16)19(21)22/h3-13H,1-2H3/b17-12+. The zero-order valence-electron chi connectivity index (χ0n) is 14.2. The van der Waals surface area contributed by atoms with Crippen molar-refractivity contribution in [2.24, 2.45) is 0 Å². The van der Waals surface area contributed by atoms with Gasteiger partial charge in [0, 0.05) is 12.1 Å².